The second-order valence-corrected chi connectivity index (χ2v) is 10.2. The summed E-state index contributed by atoms with van der Waals surface area (Å²) in [5, 5.41) is 14.7. The van der Waals surface area contributed by atoms with E-state index >= 15 is 0 Å². The minimum Gasteiger partial charge on any atom is -0.480 e. The molecule has 1 rings (SSSR count). The fourth-order valence-corrected chi connectivity index (χ4v) is 3.46. The molecule has 1 unspecified atom stereocenters. The van der Waals surface area contributed by atoms with E-state index in [2.05, 4.69) is 10.6 Å². The van der Waals surface area contributed by atoms with Crippen molar-refractivity contribution in [1.82, 2.24) is 10.6 Å². The summed E-state index contributed by atoms with van der Waals surface area (Å²) in [5.74, 6) is -1.62. The van der Waals surface area contributed by atoms with Gasteiger partial charge in [-0.15, -0.1) is 0 Å². The molecule has 0 heterocycles. The Bertz CT molecular complexity index is 844. The number of esters is 1. The van der Waals surface area contributed by atoms with Crippen molar-refractivity contribution >= 4 is 23.8 Å². The van der Waals surface area contributed by atoms with E-state index in [9.17, 15) is 24.3 Å². The van der Waals surface area contributed by atoms with E-state index < -0.39 is 18.0 Å². The van der Waals surface area contributed by atoms with Crippen molar-refractivity contribution in [3.63, 3.8) is 0 Å². The van der Waals surface area contributed by atoms with Crippen LogP contribution < -0.4 is 15.4 Å². The van der Waals surface area contributed by atoms with E-state index in [1.54, 1.807) is 24.3 Å². The van der Waals surface area contributed by atoms with Crippen LogP contribution in [-0.2, 0) is 23.9 Å². The molecular formula is C26H40N2O7. The Labute approximate surface area is 207 Å². The number of hydrogen-bond donors (Lipinski definition) is 3. The van der Waals surface area contributed by atoms with Gasteiger partial charge < -0.3 is 25.2 Å². The molecule has 0 aliphatic carbocycles. The summed E-state index contributed by atoms with van der Waals surface area (Å²) in [6.07, 6.45) is 1.01. The first kappa shape index (κ1) is 30.1. The van der Waals surface area contributed by atoms with Crippen LogP contribution in [0.4, 0.5) is 0 Å². The maximum Gasteiger partial charge on any atom is 0.326 e. The lowest BCUT2D eigenvalue weighted by atomic mass is 9.89. The average Bonchev–Trinajstić information content (AvgIpc) is 2.72. The first-order valence-corrected chi connectivity index (χ1v) is 11.9. The van der Waals surface area contributed by atoms with Gasteiger partial charge in [-0.05, 0) is 35.4 Å². The van der Waals surface area contributed by atoms with Gasteiger partial charge in [-0.2, -0.15) is 0 Å². The fraction of sp³-hybridized carbons (Fsp3) is 0.615. The molecule has 35 heavy (non-hydrogen) atoms. The highest BCUT2D eigenvalue weighted by Crippen LogP contribution is 2.26. The van der Waals surface area contributed by atoms with Crippen LogP contribution >= 0.6 is 0 Å². The number of aliphatic carboxylic acids is 1. The zero-order chi connectivity index (χ0) is 26.6. The van der Waals surface area contributed by atoms with E-state index in [1.807, 2.05) is 34.6 Å². The number of carbonyl (C=O) groups is 4. The standard InChI is InChI=1S/C26H40N2O7/c1-17(2)15-21(19-7-9-20(10-8-19)35-18(3)29)24(31)27-12-14-34-13-11-22(25(32)33)28-23(30)16-26(4,5)6/h7-10,17,21-22H,11-16H2,1-6H3,(H,27,31)(H,28,30)(H,32,33)/t21?,22-/m0/s1. The smallest absolute Gasteiger partial charge is 0.326 e. The molecule has 1 aromatic carbocycles. The Hall–Kier alpha value is -2.94. The van der Waals surface area contributed by atoms with Crippen LogP contribution in [0.25, 0.3) is 0 Å². The van der Waals surface area contributed by atoms with E-state index in [0.717, 1.165) is 5.56 Å². The quantitative estimate of drug-likeness (QED) is 0.206. The van der Waals surface area contributed by atoms with E-state index in [-0.39, 0.29) is 61.7 Å². The van der Waals surface area contributed by atoms with Crippen molar-refractivity contribution in [2.75, 3.05) is 19.8 Å². The second kappa shape index (κ2) is 14.5. The topological polar surface area (TPSA) is 131 Å². The molecular weight excluding hydrogens is 452 g/mol. The van der Waals surface area contributed by atoms with Crippen LogP contribution in [0.15, 0.2) is 24.3 Å². The molecule has 0 radical (unpaired) electrons. The first-order chi connectivity index (χ1) is 16.3. The highest BCUT2D eigenvalue weighted by molar-refractivity contribution is 5.84. The molecule has 1 aromatic rings. The van der Waals surface area contributed by atoms with Crippen LogP contribution in [0.3, 0.4) is 0 Å². The molecule has 0 spiro atoms. The molecule has 0 saturated heterocycles. The van der Waals surface area contributed by atoms with Crippen molar-refractivity contribution in [3.8, 4) is 5.75 Å². The SMILES string of the molecule is CC(=O)Oc1ccc(C(CC(C)C)C(=O)NCCOCC[C@H](NC(=O)CC(C)(C)C)C(=O)O)cc1. The third kappa shape index (κ3) is 12.9. The predicted molar refractivity (Wildman–Crippen MR) is 132 cm³/mol. The Kier molecular flexibility index (Phi) is 12.4. The van der Waals surface area contributed by atoms with Gasteiger partial charge in [0.2, 0.25) is 11.8 Å². The molecule has 9 heteroatoms. The molecule has 0 aliphatic heterocycles. The van der Waals surface area contributed by atoms with E-state index in [1.165, 1.54) is 6.92 Å². The van der Waals surface area contributed by atoms with Crippen molar-refractivity contribution in [1.29, 1.82) is 0 Å². The Morgan fingerprint density at radius 1 is 1.03 bits per heavy atom. The van der Waals surface area contributed by atoms with Gasteiger partial charge in [0.25, 0.3) is 0 Å². The normalized spacial score (nSPS) is 13.1. The minimum absolute atomic E-state index is 0.129. The van der Waals surface area contributed by atoms with Gasteiger partial charge in [0.15, 0.2) is 0 Å². The van der Waals surface area contributed by atoms with Gasteiger partial charge >= 0.3 is 11.9 Å². The van der Waals surface area contributed by atoms with Crippen LogP contribution in [0.1, 0.15) is 72.3 Å². The highest BCUT2D eigenvalue weighted by atomic mass is 16.5. The Morgan fingerprint density at radius 3 is 2.17 bits per heavy atom. The first-order valence-electron chi connectivity index (χ1n) is 11.9. The molecule has 0 aromatic heterocycles. The number of nitrogens with one attached hydrogen (secondary N) is 2. The van der Waals surface area contributed by atoms with E-state index in [0.29, 0.717) is 12.2 Å². The Balaban J connectivity index is 2.51. The summed E-state index contributed by atoms with van der Waals surface area (Å²) >= 11 is 0. The monoisotopic (exact) mass is 492 g/mol. The van der Waals surface area contributed by atoms with Crippen molar-refractivity contribution in [3.05, 3.63) is 29.8 Å². The van der Waals surface area contributed by atoms with Crippen molar-refractivity contribution < 1.29 is 33.8 Å². The van der Waals surface area contributed by atoms with Gasteiger partial charge in [0.1, 0.15) is 11.8 Å². The number of benzene rings is 1. The zero-order valence-electron chi connectivity index (χ0n) is 21.7. The van der Waals surface area contributed by atoms with Gasteiger partial charge in [0.05, 0.1) is 12.5 Å². The van der Waals surface area contributed by atoms with Crippen molar-refractivity contribution in [2.45, 2.75) is 72.8 Å². The number of carboxylic acids is 1. The van der Waals surface area contributed by atoms with Gasteiger partial charge in [-0.1, -0.05) is 46.8 Å². The maximum absolute atomic E-state index is 12.8. The molecule has 2 atom stereocenters. The number of ether oxygens (including phenoxy) is 2. The molecule has 9 nitrogen and oxygen atoms in total. The molecule has 3 N–H and O–H groups in total. The summed E-state index contributed by atoms with van der Waals surface area (Å²) < 4.78 is 10.5. The molecule has 0 saturated carbocycles. The minimum atomic E-state index is -1.11. The number of amides is 2. The van der Waals surface area contributed by atoms with Crippen LogP contribution in [0, 0.1) is 11.3 Å². The fourth-order valence-electron chi connectivity index (χ4n) is 3.46. The largest absolute Gasteiger partial charge is 0.480 e. The summed E-state index contributed by atoms with van der Waals surface area (Å²) in [6.45, 7) is 11.7. The van der Waals surface area contributed by atoms with Gasteiger partial charge in [-0.25, -0.2) is 4.79 Å². The second-order valence-electron chi connectivity index (χ2n) is 10.2. The van der Waals surface area contributed by atoms with Crippen LogP contribution in [-0.4, -0.2) is 54.7 Å². The maximum atomic E-state index is 12.8. The molecule has 0 aliphatic rings. The third-order valence-electron chi connectivity index (χ3n) is 4.99. The molecule has 0 bridgehead atoms. The third-order valence-corrected chi connectivity index (χ3v) is 4.99. The summed E-state index contributed by atoms with van der Waals surface area (Å²) in [5.41, 5.74) is 0.586. The molecule has 0 fully saturated rings. The number of hydrogen-bond acceptors (Lipinski definition) is 6. The van der Waals surface area contributed by atoms with Crippen molar-refractivity contribution in [2.24, 2.45) is 11.3 Å². The highest BCUT2D eigenvalue weighted by Gasteiger charge is 2.24. The molecule has 2 amide bonds. The number of carboxylic acid groups (broad SMARTS) is 1. The number of carbonyl (C=O) groups excluding carboxylic acids is 3. The lowest BCUT2D eigenvalue weighted by Crippen LogP contribution is -2.42. The van der Waals surface area contributed by atoms with E-state index in [4.69, 9.17) is 9.47 Å². The summed E-state index contributed by atoms with van der Waals surface area (Å²) in [4.78, 5) is 47.4. The molecule has 196 valence electrons. The number of rotatable bonds is 14. The van der Waals surface area contributed by atoms with Gasteiger partial charge in [-0.3, -0.25) is 14.4 Å². The van der Waals surface area contributed by atoms with Crippen LogP contribution in [0.2, 0.25) is 0 Å². The lowest BCUT2D eigenvalue weighted by Gasteiger charge is -2.20. The summed E-state index contributed by atoms with van der Waals surface area (Å²) in [6, 6.07) is 5.87. The average molecular weight is 493 g/mol. The summed E-state index contributed by atoms with van der Waals surface area (Å²) in [7, 11) is 0. The van der Waals surface area contributed by atoms with Gasteiger partial charge in [0, 0.05) is 32.9 Å². The predicted octanol–water partition coefficient (Wildman–Crippen LogP) is 3.27. The lowest BCUT2D eigenvalue weighted by molar-refractivity contribution is -0.142. The Morgan fingerprint density at radius 2 is 1.66 bits per heavy atom. The van der Waals surface area contributed by atoms with Crippen LogP contribution in [0.5, 0.6) is 5.75 Å². The zero-order valence-corrected chi connectivity index (χ0v) is 21.7.